The summed E-state index contributed by atoms with van der Waals surface area (Å²) in [5.41, 5.74) is 1.35. The topological polar surface area (TPSA) is 75.3 Å². The summed E-state index contributed by atoms with van der Waals surface area (Å²) in [6.45, 7) is 7.18. The molecule has 0 saturated heterocycles. The van der Waals surface area contributed by atoms with Crippen molar-refractivity contribution in [2.24, 2.45) is 4.99 Å². The zero-order valence-electron chi connectivity index (χ0n) is 14.0. The van der Waals surface area contributed by atoms with Crippen LogP contribution in [-0.4, -0.2) is 28.7 Å². The maximum Gasteiger partial charge on any atom is 0.248 e. The standard InChI is InChI=1S/C17H25N5O/c1-4-18-17(19-12-16-21-14(3)22-23-16)20-13(2)10-11-15-8-6-5-7-9-15/h5-9,13H,4,10-12H2,1-3H3,(H2,18,19,20). The van der Waals surface area contributed by atoms with Crippen LogP contribution >= 0.6 is 0 Å². The molecule has 1 aromatic heterocycles. The molecule has 1 heterocycles. The van der Waals surface area contributed by atoms with Crippen molar-refractivity contribution in [2.75, 3.05) is 6.54 Å². The first kappa shape index (κ1) is 17.0. The van der Waals surface area contributed by atoms with Gasteiger partial charge in [-0.2, -0.15) is 4.98 Å². The number of benzene rings is 1. The number of nitrogens with one attached hydrogen (secondary N) is 2. The van der Waals surface area contributed by atoms with E-state index in [1.54, 1.807) is 6.92 Å². The summed E-state index contributed by atoms with van der Waals surface area (Å²) in [5, 5.41) is 10.4. The normalized spacial score (nSPS) is 12.9. The molecule has 0 amide bonds. The Morgan fingerprint density at radius 2 is 2.09 bits per heavy atom. The molecule has 2 N–H and O–H groups in total. The lowest BCUT2D eigenvalue weighted by molar-refractivity contribution is 0.376. The molecule has 0 saturated carbocycles. The molecule has 0 spiro atoms. The van der Waals surface area contributed by atoms with Gasteiger partial charge in [0.15, 0.2) is 11.8 Å². The first-order chi connectivity index (χ1) is 11.2. The molecule has 0 aliphatic rings. The molecule has 1 aromatic carbocycles. The zero-order chi connectivity index (χ0) is 16.5. The fourth-order valence-electron chi connectivity index (χ4n) is 2.20. The molecule has 0 fully saturated rings. The third-order valence-corrected chi connectivity index (χ3v) is 3.38. The largest absolute Gasteiger partial charge is 0.357 e. The highest BCUT2D eigenvalue weighted by atomic mass is 16.5. The number of aryl methyl sites for hydroxylation is 2. The Bertz CT molecular complexity index is 608. The van der Waals surface area contributed by atoms with Gasteiger partial charge in [-0.05, 0) is 39.2 Å². The number of aromatic nitrogens is 2. The summed E-state index contributed by atoms with van der Waals surface area (Å²) < 4.78 is 5.08. The molecular formula is C17H25N5O. The second-order valence-electron chi connectivity index (χ2n) is 5.50. The first-order valence-electron chi connectivity index (χ1n) is 8.05. The predicted octanol–water partition coefficient (Wildman–Crippen LogP) is 2.45. The maximum atomic E-state index is 5.08. The van der Waals surface area contributed by atoms with Gasteiger partial charge in [0.2, 0.25) is 5.89 Å². The molecule has 2 rings (SSSR count). The quantitative estimate of drug-likeness (QED) is 0.606. The molecule has 0 bridgehead atoms. The molecule has 2 aromatic rings. The van der Waals surface area contributed by atoms with Crippen LogP contribution < -0.4 is 10.6 Å². The van der Waals surface area contributed by atoms with Crippen molar-refractivity contribution in [1.82, 2.24) is 20.8 Å². The summed E-state index contributed by atoms with van der Waals surface area (Å²) in [6, 6.07) is 10.8. The van der Waals surface area contributed by atoms with Crippen LogP contribution in [0.4, 0.5) is 0 Å². The summed E-state index contributed by atoms with van der Waals surface area (Å²) in [5.74, 6) is 1.92. The van der Waals surface area contributed by atoms with Crippen LogP contribution in [0.25, 0.3) is 0 Å². The average Bonchev–Trinajstić information content (AvgIpc) is 2.97. The Morgan fingerprint density at radius 3 is 2.74 bits per heavy atom. The van der Waals surface area contributed by atoms with Gasteiger partial charge in [-0.1, -0.05) is 35.5 Å². The number of nitrogens with zero attached hydrogens (tertiary/aromatic N) is 3. The summed E-state index contributed by atoms with van der Waals surface area (Å²) >= 11 is 0. The highest BCUT2D eigenvalue weighted by Gasteiger charge is 2.07. The van der Waals surface area contributed by atoms with Crippen molar-refractivity contribution in [1.29, 1.82) is 0 Å². The van der Waals surface area contributed by atoms with E-state index in [2.05, 4.69) is 57.0 Å². The molecule has 0 radical (unpaired) electrons. The van der Waals surface area contributed by atoms with Gasteiger partial charge < -0.3 is 15.2 Å². The van der Waals surface area contributed by atoms with Gasteiger partial charge in [-0.25, -0.2) is 4.99 Å². The van der Waals surface area contributed by atoms with E-state index < -0.39 is 0 Å². The monoisotopic (exact) mass is 315 g/mol. The predicted molar refractivity (Wildman–Crippen MR) is 91.2 cm³/mol. The average molecular weight is 315 g/mol. The van der Waals surface area contributed by atoms with E-state index in [4.69, 9.17) is 4.52 Å². The Hall–Kier alpha value is -2.37. The minimum absolute atomic E-state index is 0.317. The Kier molecular flexibility index (Phi) is 6.59. The maximum absolute atomic E-state index is 5.08. The van der Waals surface area contributed by atoms with E-state index in [1.807, 2.05) is 13.0 Å². The van der Waals surface area contributed by atoms with E-state index in [-0.39, 0.29) is 0 Å². The lowest BCUT2D eigenvalue weighted by atomic mass is 10.1. The first-order valence-corrected chi connectivity index (χ1v) is 8.05. The van der Waals surface area contributed by atoms with Gasteiger partial charge in [0.25, 0.3) is 0 Å². The van der Waals surface area contributed by atoms with Crippen LogP contribution in [0, 0.1) is 6.92 Å². The highest BCUT2D eigenvalue weighted by Crippen LogP contribution is 2.05. The molecule has 1 atom stereocenters. The smallest absolute Gasteiger partial charge is 0.248 e. The van der Waals surface area contributed by atoms with Crippen LogP contribution in [0.5, 0.6) is 0 Å². The third kappa shape index (κ3) is 6.10. The van der Waals surface area contributed by atoms with Crippen LogP contribution in [0.2, 0.25) is 0 Å². The van der Waals surface area contributed by atoms with Crippen molar-refractivity contribution < 1.29 is 4.52 Å². The minimum Gasteiger partial charge on any atom is -0.357 e. The number of rotatable bonds is 7. The molecule has 23 heavy (non-hydrogen) atoms. The lowest BCUT2D eigenvalue weighted by Gasteiger charge is -2.17. The fraction of sp³-hybridized carbons (Fsp3) is 0.471. The highest BCUT2D eigenvalue weighted by molar-refractivity contribution is 5.79. The van der Waals surface area contributed by atoms with E-state index in [0.29, 0.717) is 24.3 Å². The Balaban J connectivity index is 1.84. The van der Waals surface area contributed by atoms with Crippen molar-refractivity contribution in [3.8, 4) is 0 Å². The third-order valence-electron chi connectivity index (χ3n) is 3.38. The number of hydrogen-bond acceptors (Lipinski definition) is 4. The summed E-state index contributed by atoms with van der Waals surface area (Å²) in [6.07, 6.45) is 2.07. The Morgan fingerprint density at radius 1 is 1.30 bits per heavy atom. The SMILES string of the molecule is CCNC(=NCc1nc(C)no1)NC(C)CCc1ccccc1. The van der Waals surface area contributed by atoms with Crippen molar-refractivity contribution in [2.45, 2.75) is 46.2 Å². The van der Waals surface area contributed by atoms with Crippen LogP contribution in [0.15, 0.2) is 39.8 Å². The van der Waals surface area contributed by atoms with E-state index in [1.165, 1.54) is 5.56 Å². The van der Waals surface area contributed by atoms with E-state index in [0.717, 1.165) is 25.3 Å². The molecular weight excluding hydrogens is 290 g/mol. The molecule has 1 unspecified atom stereocenters. The number of guanidine groups is 1. The molecule has 0 aliphatic heterocycles. The van der Waals surface area contributed by atoms with Gasteiger partial charge in [0, 0.05) is 12.6 Å². The summed E-state index contributed by atoms with van der Waals surface area (Å²) in [4.78, 5) is 8.65. The number of aliphatic imine (C=N–C) groups is 1. The molecule has 6 nitrogen and oxygen atoms in total. The molecule has 124 valence electrons. The van der Waals surface area contributed by atoms with E-state index in [9.17, 15) is 0 Å². The minimum atomic E-state index is 0.317. The van der Waals surface area contributed by atoms with Gasteiger partial charge in [0.05, 0.1) is 0 Å². The van der Waals surface area contributed by atoms with Crippen molar-refractivity contribution in [3.63, 3.8) is 0 Å². The van der Waals surface area contributed by atoms with Crippen molar-refractivity contribution >= 4 is 5.96 Å². The fourth-order valence-corrected chi connectivity index (χ4v) is 2.20. The number of hydrogen-bond donors (Lipinski definition) is 2. The molecule has 0 aliphatic carbocycles. The van der Waals surface area contributed by atoms with Gasteiger partial charge in [-0.15, -0.1) is 0 Å². The zero-order valence-corrected chi connectivity index (χ0v) is 14.0. The molecule has 6 heteroatoms. The summed E-state index contributed by atoms with van der Waals surface area (Å²) in [7, 11) is 0. The van der Waals surface area contributed by atoms with Crippen LogP contribution in [0.1, 0.15) is 37.5 Å². The second-order valence-corrected chi connectivity index (χ2v) is 5.50. The lowest BCUT2D eigenvalue weighted by Crippen LogP contribution is -2.42. The van der Waals surface area contributed by atoms with Gasteiger partial charge in [0.1, 0.15) is 6.54 Å². The van der Waals surface area contributed by atoms with Crippen molar-refractivity contribution in [3.05, 3.63) is 47.6 Å². The van der Waals surface area contributed by atoms with Gasteiger partial charge >= 0.3 is 0 Å². The second kappa shape index (κ2) is 8.92. The Labute approximate surface area is 137 Å². The van der Waals surface area contributed by atoms with Crippen LogP contribution in [0.3, 0.4) is 0 Å². The van der Waals surface area contributed by atoms with E-state index >= 15 is 0 Å². The van der Waals surface area contributed by atoms with Gasteiger partial charge in [-0.3, -0.25) is 0 Å². The van der Waals surface area contributed by atoms with Crippen LogP contribution in [-0.2, 0) is 13.0 Å².